The minimum Gasteiger partial charge on any atom is -0.455 e. The van der Waals surface area contributed by atoms with E-state index in [1.807, 2.05) is 44.2 Å². The Morgan fingerprint density at radius 2 is 1.88 bits per heavy atom. The highest BCUT2D eigenvalue weighted by Crippen LogP contribution is 2.28. The second-order valence-corrected chi connectivity index (χ2v) is 6.46. The van der Waals surface area contributed by atoms with Crippen molar-refractivity contribution in [3.05, 3.63) is 64.9 Å². The van der Waals surface area contributed by atoms with Crippen LogP contribution in [0.4, 0.5) is 10.1 Å². The number of carbonyl (C=O) groups excluding carboxylic acids is 2. The van der Waals surface area contributed by atoms with Crippen LogP contribution in [0.3, 0.4) is 0 Å². The van der Waals surface area contributed by atoms with Crippen LogP contribution in [0.25, 0.3) is 0 Å². The van der Waals surface area contributed by atoms with Gasteiger partial charge in [0.15, 0.2) is 6.61 Å². The Hall–Kier alpha value is -2.40. The van der Waals surface area contributed by atoms with Gasteiger partial charge in [0.2, 0.25) is 0 Å². The summed E-state index contributed by atoms with van der Waals surface area (Å²) in [7, 11) is 0. The molecule has 2 aromatic rings. The zero-order chi connectivity index (χ0) is 19.1. The Bertz CT molecular complexity index is 767. The molecular formula is C20H21ClFNO3. The maximum absolute atomic E-state index is 13.0. The van der Waals surface area contributed by atoms with Crippen LogP contribution in [0, 0.1) is 11.7 Å². The van der Waals surface area contributed by atoms with Gasteiger partial charge in [-0.15, -0.1) is 0 Å². The van der Waals surface area contributed by atoms with E-state index in [-0.39, 0.29) is 16.6 Å². The van der Waals surface area contributed by atoms with Crippen LogP contribution in [0.5, 0.6) is 0 Å². The van der Waals surface area contributed by atoms with Crippen LogP contribution < -0.4 is 5.32 Å². The summed E-state index contributed by atoms with van der Waals surface area (Å²) in [5.74, 6) is -1.87. The number of esters is 1. The van der Waals surface area contributed by atoms with Crippen molar-refractivity contribution in [2.45, 2.75) is 26.2 Å². The zero-order valence-corrected chi connectivity index (χ0v) is 15.4. The van der Waals surface area contributed by atoms with Crippen molar-refractivity contribution in [2.24, 2.45) is 5.92 Å². The fourth-order valence-electron chi connectivity index (χ4n) is 2.60. The van der Waals surface area contributed by atoms with Gasteiger partial charge < -0.3 is 10.1 Å². The zero-order valence-electron chi connectivity index (χ0n) is 14.7. The van der Waals surface area contributed by atoms with Gasteiger partial charge in [-0.05, 0) is 29.7 Å². The average molecular weight is 378 g/mol. The third-order valence-corrected chi connectivity index (χ3v) is 4.49. The average Bonchev–Trinajstić information content (AvgIpc) is 2.63. The van der Waals surface area contributed by atoms with Gasteiger partial charge in [0.25, 0.3) is 5.91 Å². The maximum atomic E-state index is 13.0. The Morgan fingerprint density at radius 1 is 1.19 bits per heavy atom. The molecule has 0 aliphatic heterocycles. The molecule has 1 N–H and O–H groups in total. The number of hydrogen-bond donors (Lipinski definition) is 1. The largest absolute Gasteiger partial charge is 0.455 e. The van der Waals surface area contributed by atoms with E-state index in [2.05, 4.69) is 5.32 Å². The predicted octanol–water partition coefficient (Wildman–Crippen LogP) is 4.79. The summed E-state index contributed by atoms with van der Waals surface area (Å²) in [6.07, 6.45) is 0.798. The van der Waals surface area contributed by atoms with E-state index in [1.165, 1.54) is 12.1 Å². The number of carbonyl (C=O) groups is 2. The number of rotatable bonds is 7. The highest BCUT2D eigenvalue weighted by molar-refractivity contribution is 6.33. The lowest BCUT2D eigenvalue weighted by molar-refractivity contribution is -0.150. The van der Waals surface area contributed by atoms with Crippen molar-refractivity contribution in [3.8, 4) is 0 Å². The van der Waals surface area contributed by atoms with E-state index in [1.54, 1.807) is 0 Å². The fraction of sp³-hybridized carbons (Fsp3) is 0.300. The van der Waals surface area contributed by atoms with Crippen LogP contribution in [-0.2, 0) is 14.3 Å². The second kappa shape index (κ2) is 9.34. The van der Waals surface area contributed by atoms with Gasteiger partial charge in [0.1, 0.15) is 5.82 Å². The van der Waals surface area contributed by atoms with Gasteiger partial charge in [0, 0.05) is 0 Å². The van der Waals surface area contributed by atoms with E-state index >= 15 is 0 Å². The number of benzene rings is 2. The molecule has 1 amide bonds. The highest BCUT2D eigenvalue weighted by atomic mass is 35.5. The molecule has 0 aliphatic carbocycles. The molecule has 6 heteroatoms. The third-order valence-electron chi connectivity index (χ3n) is 4.18. The maximum Gasteiger partial charge on any atom is 0.314 e. The van der Waals surface area contributed by atoms with Crippen LogP contribution in [0.2, 0.25) is 5.02 Å². The van der Waals surface area contributed by atoms with Crippen molar-refractivity contribution in [1.29, 1.82) is 0 Å². The van der Waals surface area contributed by atoms with Gasteiger partial charge in [0.05, 0.1) is 16.6 Å². The van der Waals surface area contributed by atoms with E-state index < -0.39 is 30.2 Å². The number of amides is 1. The van der Waals surface area contributed by atoms with Crippen LogP contribution in [0.15, 0.2) is 48.5 Å². The summed E-state index contributed by atoms with van der Waals surface area (Å²) >= 11 is 5.86. The molecule has 0 aromatic heterocycles. The molecule has 2 atom stereocenters. The van der Waals surface area contributed by atoms with Crippen LogP contribution in [-0.4, -0.2) is 18.5 Å². The van der Waals surface area contributed by atoms with Crippen molar-refractivity contribution in [3.63, 3.8) is 0 Å². The standard InChI is InChI=1S/C20H21ClFNO3/c1-3-13(2)19(14-7-5-4-6-8-14)20(25)26-12-18(24)23-17-10-9-15(22)11-16(17)21/h4-11,13,19H,3,12H2,1-2H3,(H,23,24)/t13-,19-/m1/s1. The number of anilines is 1. The molecule has 0 aliphatic rings. The van der Waals surface area contributed by atoms with Gasteiger partial charge in [-0.3, -0.25) is 9.59 Å². The molecule has 0 fully saturated rings. The molecule has 4 nitrogen and oxygen atoms in total. The summed E-state index contributed by atoms with van der Waals surface area (Å²) in [5, 5.41) is 2.58. The molecule has 0 unspecified atom stereocenters. The normalized spacial score (nSPS) is 12.9. The minimum absolute atomic E-state index is 0.0690. The predicted molar refractivity (Wildman–Crippen MR) is 99.6 cm³/mol. The summed E-state index contributed by atoms with van der Waals surface area (Å²) in [4.78, 5) is 24.5. The lowest BCUT2D eigenvalue weighted by atomic mass is 9.86. The molecule has 0 spiro atoms. The fourth-order valence-corrected chi connectivity index (χ4v) is 2.81. The quantitative estimate of drug-likeness (QED) is 0.706. The Balaban J connectivity index is 1.99. The summed E-state index contributed by atoms with van der Waals surface area (Å²) < 4.78 is 18.2. The summed E-state index contributed by atoms with van der Waals surface area (Å²) in [6, 6.07) is 13.0. The first kappa shape index (κ1) is 19.9. The third kappa shape index (κ3) is 5.30. The van der Waals surface area contributed by atoms with Gasteiger partial charge in [-0.1, -0.05) is 62.2 Å². The minimum atomic E-state index is -0.539. The molecule has 0 bridgehead atoms. The number of halogens is 2. The Labute approximate surface area is 157 Å². The number of ether oxygens (including phenoxy) is 1. The van der Waals surface area contributed by atoms with Crippen LogP contribution in [0.1, 0.15) is 31.7 Å². The van der Waals surface area contributed by atoms with E-state index in [0.717, 1.165) is 18.1 Å². The van der Waals surface area contributed by atoms with Gasteiger partial charge in [-0.2, -0.15) is 0 Å². The first-order valence-electron chi connectivity index (χ1n) is 8.38. The highest BCUT2D eigenvalue weighted by Gasteiger charge is 2.27. The second-order valence-electron chi connectivity index (χ2n) is 6.05. The number of hydrogen-bond acceptors (Lipinski definition) is 3. The summed E-state index contributed by atoms with van der Waals surface area (Å²) in [5.41, 5.74) is 1.12. The van der Waals surface area contributed by atoms with Gasteiger partial charge in [-0.25, -0.2) is 4.39 Å². The first-order chi connectivity index (χ1) is 12.4. The monoisotopic (exact) mass is 377 g/mol. The molecule has 138 valence electrons. The van der Waals surface area contributed by atoms with E-state index in [9.17, 15) is 14.0 Å². The SMILES string of the molecule is CC[C@@H](C)[C@@H](C(=O)OCC(=O)Nc1ccc(F)cc1Cl)c1ccccc1. The Kier molecular flexibility index (Phi) is 7.16. The van der Waals surface area contributed by atoms with E-state index in [0.29, 0.717) is 0 Å². The summed E-state index contributed by atoms with van der Waals surface area (Å²) in [6.45, 7) is 3.53. The van der Waals surface area contributed by atoms with Crippen LogP contribution >= 0.6 is 11.6 Å². The smallest absolute Gasteiger partial charge is 0.314 e. The lowest BCUT2D eigenvalue weighted by Crippen LogP contribution is -2.27. The molecule has 0 saturated heterocycles. The van der Waals surface area contributed by atoms with Crippen molar-refractivity contribution >= 4 is 29.2 Å². The van der Waals surface area contributed by atoms with Crippen molar-refractivity contribution in [2.75, 3.05) is 11.9 Å². The molecule has 2 rings (SSSR count). The molecule has 26 heavy (non-hydrogen) atoms. The topological polar surface area (TPSA) is 55.4 Å². The molecule has 2 aromatic carbocycles. The number of nitrogens with one attached hydrogen (secondary N) is 1. The van der Waals surface area contributed by atoms with Crippen molar-refractivity contribution in [1.82, 2.24) is 0 Å². The lowest BCUT2D eigenvalue weighted by Gasteiger charge is -2.21. The molecular weight excluding hydrogens is 357 g/mol. The molecule has 0 radical (unpaired) electrons. The first-order valence-corrected chi connectivity index (χ1v) is 8.76. The van der Waals surface area contributed by atoms with Gasteiger partial charge >= 0.3 is 5.97 Å². The molecule has 0 saturated carbocycles. The molecule has 0 heterocycles. The van der Waals surface area contributed by atoms with Crippen molar-refractivity contribution < 1.29 is 18.7 Å². The van der Waals surface area contributed by atoms with E-state index in [4.69, 9.17) is 16.3 Å². The Morgan fingerprint density at radius 3 is 2.50 bits per heavy atom.